The largest absolute Gasteiger partial charge is 0.493 e. The summed E-state index contributed by atoms with van der Waals surface area (Å²) in [5.74, 6) is -0.330. The van der Waals surface area contributed by atoms with Crippen molar-refractivity contribution < 1.29 is 27.5 Å². The molecular weight excluding hydrogens is 446 g/mol. The molecule has 2 aromatic carbocycles. The molecule has 5 rings (SSSR count). The Balaban J connectivity index is 1.40. The van der Waals surface area contributed by atoms with Crippen LogP contribution in [0.5, 0.6) is 5.75 Å². The van der Waals surface area contributed by atoms with Gasteiger partial charge in [-0.15, -0.1) is 0 Å². The summed E-state index contributed by atoms with van der Waals surface area (Å²) in [5.41, 5.74) is 0.993. The number of hydrogen-bond donors (Lipinski definition) is 1. The molecule has 3 heterocycles. The van der Waals surface area contributed by atoms with Crippen LogP contribution in [-0.2, 0) is 26.8 Å². The van der Waals surface area contributed by atoms with Crippen molar-refractivity contribution in [1.82, 2.24) is 10.2 Å². The zero-order valence-corrected chi connectivity index (χ0v) is 18.9. The number of fused-ring (bicyclic) bond motifs is 3. The summed E-state index contributed by atoms with van der Waals surface area (Å²) < 4.78 is 31.1. The summed E-state index contributed by atoms with van der Waals surface area (Å²) in [6.07, 6.45) is 2.72. The Bertz CT molecular complexity index is 1290. The van der Waals surface area contributed by atoms with E-state index in [2.05, 4.69) is 5.32 Å². The molecule has 1 saturated heterocycles. The SMILES string of the molecule is CS(=O)(=O)N1CCCc2cc(C(=O)CN3C(=O)N[C@@]4(CCOc5ccccc54)C3=O)ccc21. The minimum atomic E-state index is -3.41. The first-order valence-electron chi connectivity index (χ1n) is 10.7. The summed E-state index contributed by atoms with van der Waals surface area (Å²) in [5, 5.41) is 2.79. The molecule has 0 saturated carbocycles. The Kier molecular flexibility index (Phi) is 4.93. The van der Waals surface area contributed by atoms with E-state index < -0.39 is 39.8 Å². The molecule has 172 valence electrons. The maximum absolute atomic E-state index is 13.4. The fraction of sp³-hybridized carbons (Fsp3) is 0.348. The van der Waals surface area contributed by atoms with Crippen LogP contribution in [-0.4, -0.2) is 57.0 Å². The number of carbonyl (C=O) groups excluding carboxylic acids is 3. The molecule has 9 nitrogen and oxygen atoms in total. The molecule has 0 unspecified atom stereocenters. The molecule has 1 spiro atoms. The minimum absolute atomic E-state index is 0.270. The van der Waals surface area contributed by atoms with Gasteiger partial charge in [-0.1, -0.05) is 18.2 Å². The molecular formula is C23H23N3O6S. The zero-order chi connectivity index (χ0) is 23.4. The number of sulfonamides is 1. The van der Waals surface area contributed by atoms with E-state index >= 15 is 0 Å². The number of nitrogens with one attached hydrogen (secondary N) is 1. The molecule has 0 bridgehead atoms. The van der Waals surface area contributed by atoms with Gasteiger partial charge in [-0.25, -0.2) is 13.2 Å². The Hall–Kier alpha value is -3.40. The minimum Gasteiger partial charge on any atom is -0.493 e. The second-order valence-corrected chi connectivity index (χ2v) is 10.4. The molecule has 10 heteroatoms. The Morgan fingerprint density at radius 2 is 1.97 bits per heavy atom. The van der Waals surface area contributed by atoms with E-state index in [1.165, 1.54) is 4.31 Å². The lowest BCUT2D eigenvalue weighted by atomic mass is 9.84. The van der Waals surface area contributed by atoms with E-state index in [4.69, 9.17) is 4.74 Å². The standard InChI is InChI=1S/C23H23N3O6S/c1-33(30,31)26-11-4-5-15-13-16(8-9-18(15)26)19(27)14-25-21(28)23(24-22(25)29)10-12-32-20-7-3-2-6-17(20)23/h2-3,6-9,13H,4-5,10-12,14H2,1H3,(H,24,29)/t23-/m1/s1. The summed E-state index contributed by atoms with van der Waals surface area (Å²) in [6, 6.07) is 11.3. The lowest BCUT2D eigenvalue weighted by molar-refractivity contribution is -0.132. The highest BCUT2D eigenvalue weighted by Gasteiger charge is 2.55. The third-order valence-electron chi connectivity index (χ3n) is 6.44. The first kappa shape index (κ1) is 21.4. The van der Waals surface area contributed by atoms with Crippen LogP contribution in [0.2, 0.25) is 0 Å². The highest BCUT2D eigenvalue weighted by Crippen LogP contribution is 2.41. The normalized spacial score (nSPS) is 22.0. The van der Waals surface area contributed by atoms with Crippen LogP contribution < -0.4 is 14.4 Å². The lowest BCUT2D eigenvalue weighted by Gasteiger charge is -2.33. The predicted molar refractivity (Wildman–Crippen MR) is 120 cm³/mol. The van der Waals surface area contributed by atoms with Gasteiger partial charge in [-0.05, 0) is 42.7 Å². The Morgan fingerprint density at radius 3 is 2.76 bits per heavy atom. The van der Waals surface area contributed by atoms with E-state index in [1.54, 1.807) is 42.5 Å². The van der Waals surface area contributed by atoms with Gasteiger partial charge in [0.05, 0.1) is 25.1 Å². The molecule has 2 aromatic rings. The number of aryl methyl sites for hydroxylation is 1. The number of carbonyl (C=O) groups is 3. The number of hydrogen-bond acceptors (Lipinski definition) is 6. The molecule has 1 N–H and O–H groups in total. The van der Waals surface area contributed by atoms with E-state index in [0.717, 1.165) is 16.7 Å². The average Bonchev–Trinajstić information content (AvgIpc) is 3.02. The van der Waals surface area contributed by atoms with Gasteiger partial charge in [0.1, 0.15) is 5.75 Å². The highest BCUT2D eigenvalue weighted by atomic mass is 32.2. The van der Waals surface area contributed by atoms with Gasteiger partial charge in [0, 0.05) is 24.1 Å². The Morgan fingerprint density at radius 1 is 1.18 bits per heavy atom. The van der Waals surface area contributed by atoms with Crippen LogP contribution in [0.4, 0.5) is 10.5 Å². The molecule has 1 fully saturated rings. The first-order chi connectivity index (χ1) is 15.7. The first-order valence-corrected chi connectivity index (χ1v) is 12.6. The lowest BCUT2D eigenvalue weighted by Crippen LogP contribution is -2.47. The quantitative estimate of drug-likeness (QED) is 0.540. The number of imide groups is 1. The van der Waals surface area contributed by atoms with E-state index in [-0.39, 0.29) is 13.0 Å². The third-order valence-corrected chi connectivity index (χ3v) is 7.62. The van der Waals surface area contributed by atoms with Gasteiger partial charge in [-0.2, -0.15) is 0 Å². The topological polar surface area (TPSA) is 113 Å². The highest BCUT2D eigenvalue weighted by molar-refractivity contribution is 7.92. The number of amides is 3. The summed E-state index contributed by atoms with van der Waals surface area (Å²) in [6.45, 7) is 0.269. The van der Waals surface area contributed by atoms with E-state index in [0.29, 0.717) is 42.0 Å². The van der Waals surface area contributed by atoms with Gasteiger partial charge >= 0.3 is 6.03 Å². The molecule has 0 aliphatic carbocycles. The van der Waals surface area contributed by atoms with Crippen molar-refractivity contribution in [2.24, 2.45) is 0 Å². The fourth-order valence-corrected chi connectivity index (χ4v) is 5.83. The number of ether oxygens (including phenoxy) is 1. The molecule has 33 heavy (non-hydrogen) atoms. The van der Waals surface area contributed by atoms with Crippen LogP contribution >= 0.6 is 0 Å². The van der Waals surface area contributed by atoms with Gasteiger partial charge < -0.3 is 10.1 Å². The fourth-order valence-electron chi connectivity index (χ4n) is 4.83. The number of Topliss-reactive ketones (excluding diaryl/α,β-unsaturated/α-hetero) is 1. The Labute approximate surface area is 191 Å². The van der Waals surface area contributed by atoms with E-state index in [1.807, 2.05) is 0 Å². The molecule has 1 atom stereocenters. The third kappa shape index (κ3) is 3.45. The number of nitrogens with zero attached hydrogens (tertiary/aromatic N) is 2. The number of anilines is 1. The van der Waals surface area contributed by atoms with Gasteiger partial charge in [0.2, 0.25) is 10.0 Å². The molecule has 3 aliphatic heterocycles. The average molecular weight is 470 g/mol. The number of para-hydroxylation sites is 1. The van der Waals surface area contributed by atoms with E-state index in [9.17, 15) is 22.8 Å². The van der Waals surface area contributed by atoms with Crippen LogP contribution in [0.1, 0.15) is 34.3 Å². The second-order valence-electron chi connectivity index (χ2n) is 8.53. The number of ketones is 1. The van der Waals surface area contributed by atoms with Crippen molar-refractivity contribution in [3.63, 3.8) is 0 Å². The molecule has 3 amide bonds. The zero-order valence-electron chi connectivity index (χ0n) is 18.0. The van der Waals surface area contributed by atoms with Crippen LogP contribution in [0.25, 0.3) is 0 Å². The summed E-state index contributed by atoms with van der Waals surface area (Å²) in [4.78, 5) is 40.1. The van der Waals surface area contributed by atoms with Crippen molar-refractivity contribution in [2.75, 3.05) is 30.3 Å². The van der Waals surface area contributed by atoms with Gasteiger partial charge in [-0.3, -0.25) is 18.8 Å². The van der Waals surface area contributed by atoms with Crippen molar-refractivity contribution in [1.29, 1.82) is 0 Å². The second kappa shape index (κ2) is 7.58. The maximum atomic E-state index is 13.4. The maximum Gasteiger partial charge on any atom is 0.325 e. The van der Waals surface area contributed by atoms with Crippen molar-refractivity contribution in [3.05, 3.63) is 59.2 Å². The number of urea groups is 1. The van der Waals surface area contributed by atoms with Crippen LogP contribution in [0, 0.1) is 0 Å². The monoisotopic (exact) mass is 469 g/mol. The van der Waals surface area contributed by atoms with Gasteiger partial charge in [0.25, 0.3) is 5.91 Å². The van der Waals surface area contributed by atoms with Crippen molar-refractivity contribution in [2.45, 2.75) is 24.8 Å². The smallest absolute Gasteiger partial charge is 0.325 e. The number of rotatable bonds is 4. The van der Waals surface area contributed by atoms with Gasteiger partial charge in [0.15, 0.2) is 11.3 Å². The number of benzene rings is 2. The summed E-state index contributed by atoms with van der Waals surface area (Å²) >= 11 is 0. The van der Waals surface area contributed by atoms with Crippen LogP contribution in [0.3, 0.4) is 0 Å². The van der Waals surface area contributed by atoms with Crippen molar-refractivity contribution in [3.8, 4) is 5.75 Å². The summed E-state index contributed by atoms with van der Waals surface area (Å²) in [7, 11) is -3.41. The molecule has 0 aromatic heterocycles. The molecule has 3 aliphatic rings. The van der Waals surface area contributed by atoms with Crippen molar-refractivity contribution >= 4 is 33.4 Å². The molecule has 0 radical (unpaired) electrons. The predicted octanol–water partition coefficient (Wildman–Crippen LogP) is 1.81. The van der Waals surface area contributed by atoms with Crippen LogP contribution in [0.15, 0.2) is 42.5 Å².